The maximum absolute atomic E-state index is 13.3. The van der Waals surface area contributed by atoms with E-state index in [9.17, 15) is 4.79 Å². The molecule has 30 heavy (non-hydrogen) atoms. The highest BCUT2D eigenvalue weighted by atomic mass is 35.5. The topological polar surface area (TPSA) is 99.2 Å². The maximum Gasteiger partial charge on any atom is 0.267 e. The number of ether oxygens (including phenoxy) is 1. The number of hydrogen-bond donors (Lipinski definition) is 1. The molecule has 0 fully saturated rings. The third kappa shape index (κ3) is 3.70. The van der Waals surface area contributed by atoms with E-state index in [2.05, 4.69) is 28.9 Å². The van der Waals surface area contributed by atoms with E-state index in [1.165, 1.54) is 6.33 Å². The lowest BCUT2D eigenvalue weighted by molar-refractivity contribution is 0.0981. The van der Waals surface area contributed by atoms with Gasteiger partial charge in [-0.3, -0.25) is 9.48 Å². The molecule has 3 aromatic rings. The van der Waals surface area contributed by atoms with Crippen molar-refractivity contribution in [3.05, 3.63) is 47.5 Å². The zero-order valence-electron chi connectivity index (χ0n) is 17.0. The second kappa shape index (κ2) is 7.95. The fourth-order valence-corrected chi connectivity index (χ4v) is 3.81. The van der Waals surface area contributed by atoms with Gasteiger partial charge in [-0.15, -0.1) is 0 Å². The summed E-state index contributed by atoms with van der Waals surface area (Å²) in [6.07, 6.45) is 5.06. The molecule has 1 aliphatic heterocycles. The number of hydrogen-bond acceptors (Lipinski definition) is 6. The van der Waals surface area contributed by atoms with Crippen molar-refractivity contribution in [3.63, 3.8) is 0 Å². The molecule has 2 N–H and O–H groups in total. The molecule has 9 heteroatoms. The molecule has 4 rings (SSSR count). The van der Waals surface area contributed by atoms with Gasteiger partial charge in [0.15, 0.2) is 0 Å². The molecule has 0 radical (unpaired) electrons. The average molecular weight is 427 g/mol. The lowest BCUT2D eigenvalue weighted by Crippen LogP contribution is -2.40. The summed E-state index contributed by atoms with van der Waals surface area (Å²) in [6, 6.07) is 5.28. The average Bonchev–Trinajstić information content (AvgIpc) is 3.08. The SMILES string of the molecule is CC(C)Cn1cc(-c2ccc(N3C(=O)c4c(N)ncnc4OC[C@H]3C)cc2Cl)cn1. The highest BCUT2D eigenvalue weighted by Crippen LogP contribution is 2.35. The van der Waals surface area contributed by atoms with Gasteiger partial charge in [0.05, 0.1) is 17.3 Å². The van der Waals surface area contributed by atoms with Crippen LogP contribution in [0.4, 0.5) is 11.5 Å². The Kier molecular flexibility index (Phi) is 5.34. The van der Waals surface area contributed by atoms with E-state index in [0.29, 0.717) is 16.6 Å². The van der Waals surface area contributed by atoms with Crippen LogP contribution in [-0.4, -0.2) is 38.3 Å². The summed E-state index contributed by atoms with van der Waals surface area (Å²) in [4.78, 5) is 22.9. The molecule has 0 saturated heterocycles. The summed E-state index contributed by atoms with van der Waals surface area (Å²) in [5.74, 6) is 0.459. The molecular formula is C21H23ClN6O2. The Hall–Kier alpha value is -3.13. The molecule has 1 amide bonds. The van der Waals surface area contributed by atoms with E-state index in [-0.39, 0.29) is 35.8 Å². The number of rotatable bonds is 4. The maximum atomic E-state index is 13.3. The van der Waals surface area contributed by atoms with Crippen molar-refractivity contribution >= 4 is 29.0 Å². The van der Waals surface area contributed by atoms with E-state index in [1.807, 2.05) is 29.9 Å². The van der Waals surface area contributed by atoms with Gasteiger partial charge >= 0.3 is 0 Å². The minimum Gasteiger partial charge on any atom is -0.475 e. The van der Waals surface area contributed by atoms with Crippen LogP contribution in [0, 0.1) is 5.92 Å². The molecule has 0 spiro atoms. The molecular weight excluding hydrogens is 404 g/mol. The number of anilines is 2. The number of aromatic nitrogens is 4. The first-order valence-electron chi connectivity index (χ1n) is 9.74. The molecule has 1 aliphatic rings. The Labute approximate surface area is 179 Å². The quantitative estimate of drug-likeness (QED) is 0.683. The molecule has 8 nitrogen and oxygen atoms in total. The predicted molar refractivity (Wildman–Crippen MR) is 116 cm³/mol. The Morgan fingerprint density at radius 3 is 2.87 bits per heavy atom. The van der Waals surface area contributed by atoms with E-state index in [4.69, 9.17) is 22.1 Å². The summed E-state index contributed by atoms with van der Waals surface area (Å²) in [5, 5.41) is 4.93. The first kappa shape index (κ1) is 20.2. The summed E-state index contributed by atoms with van der Waals surface area (Å²) in [7, 11) is 0. The predicted octanol–water partition coefficient (Wildman–Crippen LogP) is 3.66. The van der Waals surface area contributed by atoms with E-state index >= 15 is 0 Å². The van der Waals surface area contributed by atoms with Gasteiger partial charge in [-0.1, -0.05) is 31.5 Å². The highest BCUT2D eigenvalue weighted by Gasteiger charge is 2.33. The van der Waals surface area contributed by atoms with Crippen LogP contribution in [0.15, 0.2) is 36.9 Å². The number of benzene rings is 1. The van der Waals surface area contributed by atoms with Crippen molar-refractivity contribution < 1.29 is 9.53 Å². The van der Waals surface area contributed by atoms with Crippen LogP contribution in [0.3, 0.4) is 0 Å². The van der Waals surface area contributed by atoms with Crippen LogP contribution < -0.4 is 15.4 Å². The van der Waals surface area contributed by atoms with Crippen molar-refractivity contribution in [3.8, 4) is 17.0 Å². The standard InChI is InChI=1S/C21H23ClN6O2/c1-12(2)8-27-9-14(7-26-27)16-5-4-15(6-17(16)22)28-13(3)10-30-20-18(21(28)29)19(23)24-11-25-20/h4-7,9,11-13H,8,10H2,1-3H3,(H2,23,24,25)/t13-/m1/s1. The molecule has 0 unspecified atom stereocenters. The van der Waals surface area contributed by atoms with E-state index < -0.39 is 0 Å². The van der Waals surface area contributed by atoms with Crippen molar-refractivity contribution in [2.24, 2.45) is 5.92 Å². The summed E-state index contributed by atoms with van der Waals surface area (Å²) in [6.45, 7) is 7.28. The van der Waals surface area contributed by atoms with Gasteiger partial charge in [0.1, 0.15) is 24.3 Å². The Balaban J connectivity index is 1.69. The van der Waals surface area contributed by atoms with Crippen LogP contribution in [0.1, 0.15) is 31.1 Å². The third-order valence-electron chi connectivity index (χ3n) is 4.90. The summed E-state index contributed by atoms with van der Waals surface area (Å²) < 4.78 is 7.59. The monoisotopic (exact) mass is 426 g/mol. The van der Waals surface area contributed by atoms with Gasteiger partial charge in [-0.25, -0.2) is 9.97 Å². The number of fused-ring (bicyclic) bond motifs is 1. The number of carbonyl (C=O) groups excluding carboxylic acids is 1. The molecule has 1 atom stereocenters. The lowest BCUT2D eigenvalue weighted by Gasteiger charge is -2.27. The van der Waals surface area contributed by atoms with Crippen molar-refractivity contribution in [2.45, 2.75) is 33.4 Å². The first-order chi connectivity index (χ1) is 14.3. The molecule has 0 bridgehead atoms. The van der Waals surface area contributed by atoms with Crippen LogP contribution in [0.25, 0.3) is 11.1 Å². The summed E-state index contributed by atoms with van der Waals surface area (Å²) in [5.41, 5.74) is 8.53. The second-order valence-corrected chi connectivity index (χ2v) is 8.19. The first-order valence-corrected chi connectivity index (χ1v) is 10.1. The van der Waals surface area contributed by atoms with Gasteiger partial charge in [0.2, 0.25) is 5.88 Å². The van der Waals surface area contributed by atoms with Gasteiger partial charge < -0.3 is 15.4 Å². The van der Waals surface area contributed by atoms with Gasteiger partial charge in [0, 0.05) is 29.6 Å². The van der Waals surface area contributed by atoms with Crippen molar-refractivity contribution in [1.82, 2.24) is 19.7 Å². The highest BCUT2D eigenvalue weighted by molar-refractivity contribution is 6.33. The van der Waals surface area contributed by atoms with Gasteiger partial charge in [-0.2, -0.15) is 5.10 Å². The molecule has 0 aliphatic carbocycles. The largest absolute Gasteiger partial charge is 0.475 e. The Morgan fingerprint density at radius 1 is 1.33 bits per heavy atom. The molecule has 156 valence electrons. The zero-order valence-corrected chi connectivity index (χ0v) is 17.8. The number of nitrogens with zero attached hydrogens (tertiary/aromatic N) is 5. The number of amides is 1. The van der Waals surface area contributed by atoms with Crippen LogP contribution in [0.2, 0.25) is 5.02 Å². The van der Waals surface area contributed by atoms with Crippen LogP contribution >= 0.6 is 11.6 Å². The number of halogens is 1. The lowest BCUT2D eigenvalue weighted by atomic mass is 10.1. The number of carbonyl (C=O) groups is 1. The number of nitrogens with two attached hydrogens (primary N) is 1. The Morgan fingerprint density at radius 2 is 2.13 bits per heavy atom. The van der Waals surface area contributed by atoms with Gasteiger partial charge in [0.25, 0.3) is 5.91 Å². The normalized spacial score (nSPS) is 16.4. The molecule has 0 saturated carbocycles. The zero-order chi connectivity index (χ0) is 21.4. The molecule has 2 aromatic heterocycles. The fourth-order valence-electron chi connectivity index (χ4n) is 3.52. The third-order valence-corrected chi connectivity index (χ3v) is 5.22. The fraction of sp³-hybridized carbons (Fsp3) is 0.333. The van der Waals surface area contributed by atoms with E-state index in [1.54, 1.807) is 17.2 Å². The molecule has 1 aromatic carbocycles. The molecule has 3 heterocycles. The Bertz CT molecular complexity index is 1100. The van der Waals surface area contributed by atoms with Gasteiger partial charge in [-0.05, 0) is 25.0 Å². The van der Waals surface area contributed by atoms with Crippen molar-refractivity contribution in [2.75, 3.05) is 17.2 Å². The second-order valence-electron chi connectivity index (χ2n) is 7.78. The summed E-state index contributed by atoms with van der Waals surface area (Å²) >= 11 is 6.61. The minimum atomic E-state index is -0.318. The smallest absolute Gasteiger partial charge is 0.267 e. The van der Waals surface area contributed by atoms with Crippen molar-refractivity contribution in [1.29, 1.82) is 0 Å². The van der Waals surface area contributed by atoms with Crippen LogP contribution in [-0.2, 0) is 6.54 Å². The minimum absolute atomic E-state index is 0.0874. The number of nitrogen functional groups attached to an aromatic ring is 1. The van der Waals surface area contributed by atoms with E-state index in [0.717, 1.165) is 17.7 Å². The van der Waals surface area contributed by atoms with Crippen LogP contribution in [0.5, 0.6) is 5.88 Å².